The van der Waals surface area contributed by atoms with Gasteiger partial charge in [0.15, 0.2) is 0 Å². The van der Waals surface area contributed by atoms with Crippen molar-refractivity contribution in [2.24, 2.45) is 11.8 Å². The number of hydrogen-bond donors (Lipinski definition) is 2. The topological polar surface area (TPSA) is 89.6 Å². The molecule has 0 saturated heterocycles. The number of hydrogen-bond acceptors (Lipinski definition) is 5. The summed E-state index contributed by atoms with van der Waals surface area (Å²) in [5, 5.41) is 6.92. The third-order valence-corrected chi connectivity index (χ3v) is 6.87. The van der Waals surface area contributed by atoms with Crippen molar-refractivity contribution in [3.63, 3.8) is 0 Å². The molecule has 1 aliphatic rings. The zero-order chi connectivity index (χ0) is 27.1. The Hall–Kier alpha value is -3.61. The molecule has 1 fully saturated rings. The number of rotatable bonds is 8. The molecule has 1 aliphatic carbocycles. The maximum atomic E-state index is 13.4. The first-order valence-electron chi connectivity index (χ1n) is 13.6. The van der Waals surface area contributed by atoms with Crippen molar-refractivity contribution in [1.29, 1.82) is 0 Å². The summed E-state index contributed by atoms with van der Waals surface area (Å²) in [7, 11) is 0. The van der Waals surface area contributed by atoms with Crippen molar-refractivity contribution in [1.82, 2.24) is 15.6 Å². The fourth-order valence-corrected chi connectivity index (χ4v) is 4.91. The SMILES string of the molecule is CCOc1ccc(-c2cc(C(=O)NC[C@H]3CC[C@H](CNC(=O)OC(C)(C)C)CC3)c3ccccc3n2)cc1. The first-order chi connectivity index (χ1) is 18.2. The number of carbonyl (C=O) groups excluding carboxylic acids is 2. The number of amides is 2. The minimum Gasteiger partial charge on any atom is -0.494 e. The van der Waals surface area contributed by atoms with Gasteiger partial charge < -0.3 is 20.1 Å². The molecule has 4 rings (SSSR count). The highest BCUT2D eigenvalue weighted by Gasteiger charge is 2.24. The number of nitrogens with one attached hydrogen (secondary N) is 2. The minimum atomic E-state index is -0.491. The number of ether oxygens (including phenoxy) is 2. The van der Waals surface area contributed by atoms with Gasteiger partial charge in [-0.3, -0.25) is 4.79 Å². The van der Waals surface area contributed by atoms with E-state index in [1.54, 1.807) is 0 Å². The number of pyridine rings is 1. The highest BCUT2D eigenvalue weighted by molar-refractivity contribution is 6.07. The Bertz CT molecular complexity index is 1240. The number of nitrogens with zero attached hydrogens (tertiary/aromatic N) is 1. The van der Waals surface area contributed by atoms with Crippen LogP contribution in [-0.2, 0) is 4.74 Å². The molecule has 7 heteroatoms. The summed E-state index contributed by atoms with van der Waals surface area (Å²) in [5.41, 5.74) is 2.63. The molecule has 0 spiro atoms. The highest BCUT2D eigenvalue weighted by atomic mass is 16.6. The fraction of sp³-hybridized carbons (Fsp3) is 0.452. The van der Waals surface area contributed by atoms with Gasteiger partial charge in [0.25, 0.3) is 5.91 Å². The third-order valence-electron chi connectivity index (χ3n) is 6.87. The van der Waals surface area contributed by atoms with Crippen LogP contribution < -0.4 is 15.4 Å². The molecule has 1 heterocycles. The summed E-state index contributed by atoms with van der Waals surface area (Å²) in [6.07, 6.45) is 3.73. The number of benzene rings is 2. The van der Waals surface area contributed by atoms with E-state index in [9.17, 15) is 9.59 Å². The second-order valence-electron chi connectivity index (χ2n) is 11.0. The van der Waals surface area contributed by atoms with Crippen LogP contribution >= 0.6 is 0 Å². The van der Waals surface area contributed by atoms with Crippen LogP contribution in [0.5, 0.6) is 5.75 Å². The van der Waals surface area contributed by atoms with Crippen LogP contribution in [0.2, 0.25) is 0 Å². The molecule has 3 aromatic rings. The first-order valence-corrected chi connectivity index (χ1v) is 13.6. The maximum Gasteiger partial charge on any atom is 0.407 e. The molecule has 0 radical (unpaired) electrons. The van der Waals surface area contributed by atoms with E-state index in [2.05, 4.69) is 10.6 Å². The lowest BCUT2D eigenvalue weighted by Crippen LogP contribution is -2.37. The predicted octanol–water partition coefficient (Wildman–Crippen LogP) is 6.36. The number of aromatic nitrogens is 1. The number of carbonyl (C=O) groups is 2. The van der Waals surface area contributed by atoms with Crippen LogP contribution in [0.1, 0.15) is 63.7 Å². The fourth-order valence-electron chi connectivity index (χ4n) is 4.91. The van der Waals surface area contributed by atoms with Gasteiger partial charge in [-0.1, -0.05) is 18.2 Å². The lowest BCUT2D eigenvalue weighted by Gasteiger charge is -2.29. The largest absolute Gasteiger partial charge is 0.494 e. The molecule has 0 bridgehead atoms. The van der Waals surface area contributed by atoms with Crippen LogP contribution in [0.15, 0.2) is 54.6 Å². The second kappa shape index (κ2) is 12.3. The van der Waals surface area contributed by atoms with E-state index in [1.807, 2.05) is 82.3 Å². The molecule has 0 unspecified atom stereocenters. The summed E-state index contributed by atoms with van der Waals surface area (Å²) in [4.78, 5) is 30.1. The van der Waals surface area contributed by atoms with Crippen molar-refractivity contribution < 1.29 is 19.1 Å². The van der Waals surface area contributed by atoms with Gasteiger partial charge in [-0.2, -0.15) is 0 Å². The Kier molecular flexibility index (Phi) is 8.87. The normalized spacial score (nSPS) is 17.6. The van der Waals surface area contributed by atoms with Crippen molar-refractivity contribution in [3.8, 4) is 17.0 Å². The average Bonchev–Trinajstić information content (AvgIpc) is 2.90. The molecular formula is C31H39N3O4. The number of para-hydroxylation sites is 1. The van der Waals surface area contributed by atoms with Gasteiger partial charge in [0.1, 0.15) is 11.4 Å². The number of alkyl carbamates (subject to hydrolysis) is 1. The monoisotopic (exact) mass is 517 g/mol. The summed E-state index contributed by atoms with van der Waals surface area (Å²) in [5.74, 6) is 1.60. The smallest absolute Gasteiger partial charge is 0.407 e. The van der Waals surface area contributed by atoms with Crippen molar-refractivity contribution >= 4 is 22.9 Å². The van der Waals surface area contributed by atoms with Crippen LogP contribution in [0.3, 0.4) is 0 Å². The van der Waals surface area contributed by atoms with Gasteiger partial charge in [-0.25, -0.2) is 9.78 Å². The molecule has 2 amide bonds. The van der Waals surface area contributed by atoms with E-state index in [4.69, 9.17) is 14.5 Å². The van der Waals surface area contributed by atoms with Gasteiger partial charge in [-0.15, -0.1) is 0 Å². The molecule has 0 aliphatic heterocycles. The van der Waals surface area contributed by atoms with Gasteiger partial charge in [-0.05, 0) is 102 Å². The Morgan fingerprint density at radius 1 is 0.921 bits per heavy atom. The third kappa shape index (κ3) is 7.46. The molecule has 202 valence electrons. The molecule has 38 heavy (non-hydrogen) atoms. The lowest BCUT2D eigenvalue weighted by atomic mass is 9.82. The van der Waals surface area contributed by atoms with Crippen molar-refractivity contribution in [2.45, 2.75) is 59.0 Å². The summed E-state index contributed by atoms with van der Waals surface area (Å²) >= 11 is 0. The molecule has 0 atom stereocenters. The molecule has 2 aromatic carbocycles. The van der Waals surface area contributed by atoms with E-state index in [0.29, 0.717) is 37.1 Å². The Balaban J connectivity index is 1.36. The first kappa shape index (κ1) is 27.4. The van der Waals surface area contributed by atoms with E-state index < -0.39 is 5.60 Å². The quantitative estimate of drug-likeness (QED) is 0.363. The summed E-state index contributed by atoms with van der Waals surface area (Å²) in [6, 6.07) is 17.4. The molecule has 2 N–H and O–H groups in total. The summed E-state index contributed by atoms with van der Waals surface area (Å²) < 4.78 is 10.9. The lowest BCUT2D eigenvalue weighted by molar-refractivity contribution is 0.0512. The van der Waals surface area contributed by atoms with E-state index >= 15 is 0 Å². The molecule has 7 nitrogen and oxygen atoms in total. The predicted molar refractivity (Wildman–Crippen MR) is 150 cm³/mol. The van der Waals surface area contributed by atoms with Gasteiger partial charge in [0.05, 0.1) is 23.4 Å². The molecular weight excluding hydrogens is 478 g/mol. The van der Waals surface area contributed by atoms with Crippen LogP contribution in [0.4, 0.5) is 4.79 Å². The maximum absolute atomic E-state index is 13.4. The van der Waals surface area contributed by atoms with Crippen LogP contribution in [0.25, 0.3) is 22.2 Å². The van der Waals surface area contributed by atoms with Gasteiger partial charge in [0.2, 0.25) is 0 Å². The molecule has 1 aromatic heterocycles. The van der Waals surface area contributed by atoms with E-state index in [-0.39, 0.29) is 12.0 Å². The van der Waals surface area contributed by atoms with Gasteiger partial charge >= 0.3 is 6.09 Å². The number of fused-ring (bicyclic) bond motifs is 1. The summed E-state index contributed by atoms with van der Waals surface area (Å²) in [6.45, 7) is 9.43. The Morgan fingerprint density at radius 2 is 1.55 bits per heavy atom. The van der Waals surface area contributed by atoms with Crippen molar-refractivity contribution in [3.05, 3.63) is 60.2 Å². The average molecular weight is 518 g/mol. The Morgan fingerprint density at radius 3 is 2.18 bits per heavy atom. The van der Waals surface area contributed by atoms with Crippen LogP contribution in [0, 0.1) is 11.8 Å². The second-order valence-corrected chi connectivity index (χ2v) is 11.0. The minimum absolute atomic E-state index is 0.0792. The van der Waals surface area contributed by atoms with E-state index in [0.717, 1.165) is 53.6 Å². The zero-order valence-electron chi connectivity index (χ0n) is 22.9. The zero-order valence-corrected chi connectivity index (χ0v) is 22.9. The van der Waals surface area contributed by atoms with Crippen LogP contribution in [-0.4, -0.2) is 42.3 Å². The highest BCUT2D eigenvalue weighted by Crippen LogP contribution is 2.29. The van der Waals surface area contributed by atoms with Gasteiger partial charge in [0, 0.05) is 24.0 Å². The van der Waals surface area contributed by atoms with Crippen molar-refractivity contribution in [2.75, 3.05) is 19.7 Å². The van der Waals surface area contributed by atoms with E-state index in [1.165, 1.54) is 0 Å². The standard InChI is InChI=1S/C31H39N3O4/c1-5-37-24-16-14-23(15-17-24)28-18-26(25-8-6-7-9-27(25)34-28)29(35)32-19-21-10-12-22(13-11-21)20-33-30(36)38-31(2,3)4/h6-9,14-18,21-22H,5,10-13,19-20H2,1-4H3,(H,32,35)(H,33,36)/t21-,22-. The Labute approximate surface area is 225 Å². The molecule has 1 saturated carbocycles.